The van der Waals surface area contributed by atoms with Gasteiger partial charge >= 0.3 is 0 Å². The van der Waals surface area contributed by atoms with Gasteiger partial charge in [0.05, 0.1) is 4.90 Å². The van der Waals surface area contributed by atoms with Crippen molar-refractivity contribution in [3.8, 4) is 0 Å². The minimum atomic E-state index is -3.72. The summed E-state index contributed by atoms with van der Waals surface area (Å²) in [5, 5.41) is 2.86. The molecule has 1 aromatic rings. The lowest BCUT2D eigenvalue weighted by atomic mass is 9.93. The predicted molar refractivity (Wildman–Crippen MR) is 98.0 cm³/mol. The molecule has 1 aliphatic carbocycles. The van der Waals surface area contributed by atoms with Gasteiger partial charge in [0.25, 0.3) is 10.0 Å². The van der Waals surface area contributed by atoms with Crippen molar-refractivity contribution >= 4 is 27.5 Å². The molecule has 0 aromatic heterocycles. The van der Waals surface area contributed by atoms with Crippen LogP contribution in [0.25, 0.3) is 0 Å². The van der Waals surface area contributed by atoms with Crippen LogP contribution in [0.4, 0.5) is 5.69 Å². The summed E-state index contributed by atoms with van der Waals surface area (Å²) in [4.78, 5) is 14.2. The third kappa shape index (κ3) is 4.28. The fourth-order valence-corrected chi connectivity index (χ4v) is 4.18. The van der Waals surface area contributed by atoms with Crippen molar-refractivity contribution in [3.05, 3.63) is 36.4 Å². The van der Waals surface area contributed by atoms with E-state index < -0.39 is 10.0 Å². The Bertz CT molecular complexity index is 797. The molecule has 134 valence electrons. The lowest BCUT2D eigenvalue weighted by Gasteiger charge is -2.17. The number of carbonyl (C=O) groups excluding carboxylic acids is 1. The number of nitrogens with one attached hydrogen (secondary N) is 1. The van der Waals surface area contributed by atoms with Crippen LogP contribution in [0.15, 0.2) is 45.7 Å². The van der Waals surface area contributed by atoms with Crippen molar-refractivity contribution < 1.29 is 13.2 Å². The zero-order valence-electron chi connectivity index (χ0n) is 14.3. The number of likely N-dealkylation sites (tertiary alicyclic amines) is 1. The quantitative estimate of drug-likeness (QED) is 0.837. The predicted octanol–water partition coefficient (Wildman–Crippen LogP) is 2.79. The van der Waals surface area contributed by atoms with Crippen molar-refractivity contribution in [1.29, 1.82) is 0 Å². The number of amides is 1. The first-order valence-electron chi connectivity index (χ1n) is 8.56. The van der Waals surface area contributed by atoms with Gasteiger partial charge in [0.1, 0.15) is 5.84 Å². The van der Waals surface area contributed by atoms with Crippen LogP contribution in [0.3, 0.4) is 0 Å². The lowest BCUT2D eigenvalue weighted by Crippen LogP contribution is -2.23. The molecular formula is C18H23N3O3S. The molecule has 0 saturated carbocycles. The van der Waals surface area contributed by atoms with Gasteiger partial charge in [0.15, 0.2) is 0 Å². The molecule has 6 nitrogen and oxygen atoms in total. The highest BCUT2D eigenvalue weighted by molar-refractivity contribution is 7.90. The zero-order valence-corrected chi connectivity index (χ0v) is 15.1. The number of rotatable bonds is 4. The van der Waals surface area contributed by atoms with E-state index in [1.165, 1.54) is 12.1 Å². The van der Waals surface area contributed by atoms with Crippen molar-refractivity contribution in [2.24, 2.45) is 10.3 Å². The Labute approximate surface area is 148 Å². The summed E-state index contributed by atoms with van der Waals surface area (Å²) >= 11 is 0. The summed E-state index contributed by atoms with van der Waals surface area (Å²) in [5.41, 5.74) is 0.601. The highest BCUT2D eigenvalue weighted by Crippen LogP contribution is 2.22. The number of carbonyl (C=O) groups is 1. The van der Waals surface area contributed by atoms with Gasteiger partial charge in [-0.25, -0.2) is 0 Å². The molecule has 0 radical (unpaired) electrons. The van der Waals surface area contributed by atoms with Gasteiger partial charge in [0.2, 0.25) is 5.91 Å². The first-order chi connectivity index (χ1) is 12.0. The summed E-state index contributed by atoms with van der Waals surface area (Å²) in [6, 6.07) is 6.21. The Morgan fingerprint density at radius 2 is 2.00 bits per heavy atom. The van der Waals surface area contributed by atoms with Gasteiger partial charge in [-0.05, 0) is 49.9 Å². The molecule has 1 unspecified atom stereocenters. The van der Waals surface area contributed by atoms with Crippen LogP contribution in [0.5, 0.6) is 0 Å². The summed E-state index contributed by atoms with van der Waals surface area (Å²) in [5.74, 6) is 0.563. The molecule has 2 aliphatic rings. The largest absolute Gasteiger partial charge is 0.362 e. The third-order valence-electron chi connectivity index (χ3n) is 4.62. The molecule has 1 atom stereocenters. The van der Waals surface area contributed by atoms with E-state index in [1.807, 2.05) is 18.0 Å². The maximum atomic E-state index is 12.4. The molecule has 1 heterocycles. The van der Waals surface area contributed by atoms with E-state index in [1.54, 1.807) is 12.1 Å². The Morgan fingerprint density at radius 1 is 1.24 bits per heavy atom. The molecule has 25 heavy (non-hydrogen) atoms. The number of sulfonamides is 1. The molecule has 1 aliphatic heterocycles. The first-order valence-corrected chi connectivity index (χ1v) is 10.0. The van der Waals surface area contributed by atoms with E-state index in [4.69, 9.17) is 0 Å². The second kappa shape index (κ2) is 7.39. The van der Waals surface area contributed by atoms with Crippen LogP contribution in [0.2, 0.25) is 0 Å². The molecule has 1 amide bonds. The molecule has 0 bridgehead atoms. The molecular weight excluding hydrogens is 338 g/mol. The minimum absolute atomic E-state index is 0.0160. The van der Waals surface area contributed by atoms with E-state index >= 15 is 0 Å². The standard InChI is InChI=1S/C18H23N3O3S/c1-21-13-5-8-17(21)20-25(23,24)16-11-9-15(10-12-16)19-18(22)14-6-3-2-4-7-14/h2-3,9-12,14H,4-8,13H2,1H3,(H,19,22). The molecule has 1 fully saturated rings. The van der Waals surface area contributed by atoms with Crippen molar-refractivity contribution in [2.45, 2.75) is 37.0 Å². The normalized spacial score (nSPS) is 22.4. The Morgan fingerprint density at radius 3 is 2.60 bits per heavy atom. The molecule has 0 spiro atoms. The average Bonchev–Trinajstić information content (AvgIpc) is 3.00. The van der Waals surface area contributed by atoms with Crippen LogP contribution in [-0.2, 0) is 14.8 Å². The molecule has 1 N–H and O–H groups in total. The monoisotopic (exact) mass is 361 g/mol. The highest BCUT2D eigenvalue weighted by Gasteiger charge is 2.21. The number of nitrogens with zero attached hydrogens (tertiary/aromatic N) is 2. The first kappa shape index (κ1) is 17.7. The number of anilines is 1. The number of amidine groups is 1. The summed E-state index contributed by atoms with van der Waals surface area (Å²) in [6.45, 7) is 0.829. The second-order valence-electron chi connectivity index (χ2n) is 6.50. The maximum Gasteiger partial charge on any atom is 0.283 e. The number of hydrogen-bond acceptors (Lipinski definition) is 3. The molecule has 1 aromatic carbocycles. The van der Waals surface area contributed by atoms with Gasteiger partial charge in [0, 0.05) is 31.6 Å². The van der Waals surface area contributed by atoms with Gasteiger partial charge in [-0.15, -0.1) is 4.40 Å². The summed E-state index contributed by atoms with van der Waals surface area (Å²) in [6.07, 6.45) is 8.24. The molecule has 1 saturated heterocycles. The van der Waals surface area contributed by atoms with Crippen molar-refractivity contribution in [3.63, 3.8) is 0 Å². The number of allylic oxidation sites excluding steroid dienone is 2. The molecule has 7 heteroatoms. The number of benzene rings is 1. The Kier molecular flexibility index (Phi) is 5.22. The van der Waals surface area contributed by atoms with E-state index in [2.05, 4.69) is 15.8 Å². The van der Waals surface area contributed by atoms with Gasteiger partial charge in [-0.2, -0.15) is 8.42 Å². The topological polar surface area (TPSA) is 78.8 Å². The van der Waals surface area contributed by atoms with E-state index in [0.717, 1.165) is 32.2 Å². The smallest absolute Gasteiger partial charge is 0.283 e. The average molecular weight is 361 g/mol. The Balaban J connectivity index is 1.69. The third-order valence-corrected chi connectivity index (χ3v) is 5.94. The SMILES string of the molecule is CN1CCCC1=NS(=O)(=O)c1ccc(NC(=O)C2CC=CCC2)cc1. The maximum absolute atomic E-state index is 12.4. The van der Waals surface area contributed by atoms with Gasteiger partial charge in [-0.3, -0.25) is 4.79 Å². The zero-order chi connectivity index (χ0) is 17.9. The summed E-state index contributed by atoms with van der Waals surface area (Å²) in [7, 11) is -1.87. The van der Waals surface area contributed by atoms with Crippen LogP contribution in [0.1, 0.15) is 32.1 Å². The number of hydrogen-bond donors (Lipinski definition) is 1. The van der Waals surface area contributed by atoms with E-state index in [-0.39, 0.29) is 16.7 Å². The highest BCUT2D eigenvalue weighted by atomic mass is 32.2. The molecule has 3 rings (SSSR count). The van der Waals surface area contributed by atoms with Crippen LogP contribution in [0, 0.1) is 5.92 Å². The van der Waals surface area contributed by atoms with Crippen LogP contribution >= 0.6 is 0 Å². The summed E-state index contributed by atoms with van der Waals surface area (Å²) < 4.78 is 28.8. The van der Waals surface area contributed by atoms with Crippen molar-refractivity contribution in [2.75, 3.05) is 18.9 Å². The minimum Gasteiger partial charge on any atom is -0.362 e. The van der Waals surface area contributed by atoms with Gasteiger partial charge < -0.3 is 10.2 Å². The van der Waals surface area contributed by atoms with Gasteiger partial charge in [-0.1, -0.05) is 12.2 Å². The fraction of sp³-hybridized carbons (Fsp3) is 0.444. The van der Waals surface area contributed by atoms with E-state index in [9.17, 15) is 13.2 Å². The van der Waals surface area contributed by atoms with Crippen LogP contribution < -0.4 is 5.32 Å². The van der Waals surface area contributed by atoms with E-state index in [0.29, 0.717) is 17.9 Å². The fourth-order valence-electron chi connectivity index (χ4n) is 3.09. The van der Waals surface area contributed by atoms with Crippen LogP contribution in [-0.4, -0.2) is 38.7 Å². The van der Waals surface area contributed by atoms with Crippen molar-refractivity contribution in [1.82, 2.24) is 4.90 Å². The second-order valence-corrected chi connectivity index (χ2v) is 8.11. The Hall–Kier alpha value is -2.15. The lowest BCUT2D eigenvalue weighted by molar-refractivity contribution is -0.120.